The highest BCUT2D eigenvalue weighted by Gasteiger charge is 2.25. The average molecular weight is 292 g/mol. The number of alkyl halides is 3. The second-order valence-electron chi connectivity index (χ2n) is 3.92. The highest BCUT2D eigenvalue weighted by Crippen LogP contribution is 2.21. The average Bonchev–Trinajstić information content (AvgIpc) is 2.37. The highest BCUT2D eigenvalue weighted by molar-refractivity contribution is 7.98. The summed E-state index contributed by atoms with van der Waals surface area (Å²) in [6.07, 6.45) is -3.24. The maximum absolute atomic E-state index is 11.9. The summed E-state index contributed by atoms with van der Waals surface area (Å²) < 4.78 is 40.5. The number of halogens is 3. The minimum absolute atomic E-state index is 0.0614. The van der Waals surface area contributed by atoms with Gasteiger partial charge in [0, 0.05) is 23.5 Å². The van der Waals surface area contributed by atoms with Crippen LogP contribution in [0.5, 0.6) is 0 Å². The Morgan fingerprint density at radius 2 is 1.89 bits per heavy atom. The van der Waals surface area contributed by atoms with E-state index in [9.17, 15) is 18.0 Å². The van der Waals surface area contributed by atoms with Crippen molar-refractivity contribution >= 4 is 17.5 Å². The predicted octanol–water partition coefficient (Wildman–Crippen LogP) is 3.95. The van der Waals surface area contributed by atoms with Gasteiger partial charge in [-0.1, -0.05) is 12.1 Å². The number of thioether (sulfide) groups is 1. The number of Topliss-reactive ketones (excluding diaryl/α,β-unsaturated/α-hetero) is 1. The molecule has 0 aromatic heterocycles. The zero-order valence-electron chi connectivity index (χ0n) is 10.5. The fraction of sp³-hybridized carbons (Fsp3) is 0.462. The van der Waals surface area contributed by atoms with E-state index in [1.165, 1.54) is 0 Å². The molecule has 0 fully saturated rings. The largest absolute Gasteiger partial charge is 0.389 e. The number of hydrogen-bond donors (Lipinski definition) is 0. The first-order chi connectivity index (χ1) is 8.92. The molecule has 0 spiro atoms. The summed E-state index contributed by atoms with van der Waals surface area (Å²) in [7, 11) is 0. The predicted molar refractivity (Wildman–Crippen MR) is 68.7 cm³/mol. The van der Waals surface area contributed by atoms with Crippen LogP contribution in [0.4, 0.5) is 13.2 Å². The van der Waals surface area contributed by atoms with E-state index in [0.29, 0.717) is 5.56 Å². The topological polar surface area (TPSA) is 26.3 Å². The van der Waals surface area contributed by atoms with Crippen LogP contribution < -0.4 is 0 Å². The number of ether oxygens (including phenoxy) is 1. The fourth-order valence-electron chi connectivity index (χ4n) is 1.40. The fourth-order valence-corrected chi connectivity index (χ4v) is 1.81. The number of carbonyl (C=O) groups is 1. The molecule has 0 saturated carbocycles. The lowest BCUT2D eigenvalue weighted by atomic mass is 10.1. The van der Waals surface area contributed by atoms with Crippen LogP contribution in [0.3, 0.4) is 0 Å². The van der Waals surface area contributed by atoms with Crippen LogP contribution >= 0.6 is 11.8 Å². The van der Waals surface area contributed by atoms with Crippen LogP contribution in [0.1, 0.15) is 23.2 Å². The Morgan fingerprint density at radius 3 is 2.42 bits per heavy atom. The molecule has 106 valence electrons. The Kier molecular flexibility index (Phi) is 6.37. The van der Waals surface area contributed by atoms with Crippen molar-refractivity contribution in [3.8, 4) is 0 Å². The zero-order valence-corrected chi connectivity index (χ0v) is 11.3. The normalized spacial score (nSPS) is 11.6. The van der Waals surface area contributed by atoms with E-state index in [4.69, 9.17) is 4.74 Å². The van der Waals surface area contributed by atoms with Crippen molar-refractivity contribution in [2.24, 2.45) is 0 Å². The third kappa shape index (κ3) is 6.63. The number of carbonyl (C=O) groups excluding carboxylic acids is 1. The number of benzene rings is 1. The highest BCUT2D eigenvalue weighted by atomic mass is 32.2. The molecule has 1 rings (SSSR count). The van der Waals surface area contributed by atoms with Crippen LogP contribution in [0.15, 0.2) is 29.2 Å². The number of rotatable bonds is 7. The summed E-state index contributed by atoms with van der Waals surface area (Å²) in [5, 5.41) is 0. The molecule has 0 radical (unpaired) electrons. The quantitative estimate of drug-likeness (QED) is 0.432. The van der Waals surface area contributed by atoms with E-state index in [-0.39, 0.29) is 25.4 Å². The van der Waals surface area contributed by atoms with E-state index in [0.717, 1.165) is 4.90 Å². The van der Waals surface area contributed by atoms with Crippen molar-refractivity contribution in [3.63, 3.8) is 0 Å². The van der Waals surface area contributed by atoms with Gasteiger partial charge in [0.2, 0.25) is 0 Å². The van der Waals surface area contributed by atoms with E-state index in [1.807, 2.05) is 18.4 Å². The van der Waals surface area contributed by atoms with Crippen LogP contribution in [-0.2, 0) is 4.74 Å². The molecule has 0 aliphatic carbocycles. The van der Waals surface area contributed by atoms with Crippen molar-refractivity contribution in [1.29, 1.82) is 0 Å². The lowest BCUT2D eigenvalue weighted by Crippen LogP contribution is -2.12. The van der Waals surface area contributed by atoms with Gasteiger partial charge in [0.05, 0.1) is 0 Å². The molecular formula is C13H15F3O2S. The van der Waals surface area contributed by atoms with Crippen LogP contribution in [0, 0.1) is 0 Å². The summed E-state index contributed by atoms with van der Waals surface area (Å²) in [5.41, 5.74) is 0.508. The summed E-state index contributed by atoms with van der Waals surface area (Å²) in [4.78, 5) is 12.7. The Bertz CT molecular complexity index is 401. The first-order valence-electron chi connectivity index (χ1n) is 5.74. The molecule has 0 aliphatic rings. The molecule has 19 heavy (non-hydrogen) atoms. The van der Waals surface area contributed by atoms with Gasteiger partial charge in [0.15, 0.2) is 5.78 Å². The van der Waals surface area contributed by atoms with Gasteiger partial charge in [0.1, 0.15) is 6.61 Å². The summed E-state index contributed by atoms with van der Waals surface area (Å²) in [6.45, 7) is -0.245. The molecule has 0 amide bonds. The van der Waals surface area contributed by atoms with E-state index >= 15 is 0 Å². The standard InChI is InChI=1S/C13H15F3O2S/c1-19-11-5-3-10(4-6-11)12(17)9-18-8-2-7-13(14,15)16/h3-6H,2,7-9H2,1H3. The maximum Gasteiger partial charge on any atom is 0.389 e. The molecule has 0 bridgehead atoms. The minimum atomic E-state index is -4.17. The van der Waals surface area contributed by atoms with Crippen molar-refractivity contribution in [1.82, 2.24) is 0 Å². The van der Waals surface area contributed by atoms with E-state index < -0.39 is 12.6 Å². The molecule has 0 unspecified atom stereocenters. The van der Waals surface area contributed by atoms with Gasteiger partial charge < -0.3 is 4.74 Å². The second-order valence-corrected chi connectivity index (χ2v) is 4.80. The van der Waals surface area contributed by atoms with Gasteiger partial charge in [-0.15, -0.1) is 11.8 Å². The van der Waals surface area contributed by atoms with Crippen LogP contribution in [0.25, 0.3) is 0 Å². The summed E-state index contributed by atoms with van der Waals surface area (Å²) in [6, 6.07) is 7.02. The number of ketones is 1. The lowest BCUT2D eigenvalue weighted by Gasteiger charge is -2.06. The van der Waals surface area contributed by atoms with Gasteiger partial charge in [-0.3, -0.25) is 4.79 Å². The first kappa shape index (κ1) is 16.0. The van der Waals surface area contributed by atoms with Gasteiger partial charge >= 0.3 is 6.18 Å². The van der Waals surface area contributed by atoms with Crippen molar-refractivity contribution in [3.05, 3.63) is 29.8 Å². The van der Waals surface area contributed by atoms with Crippen molar-refractivity contribution in [2.45, 2.75) is 23.9 Å². The lowest BCUT2D eigenvalue weighted by molar-refractivity contribution is -0.137. The smallest absolute Gasteiger partial charge is 0.373 e. The van der Waals surface area contributed by atoms with Gasteiger partial charge in [-0.05, 0) is 24.8 Å². The first-order valence-corrected chi connectivity index (χ1v) is 6.96. The van der Waals surface area contributed by atoms with Gasteiger partial charge in [0.25, 0.3) is 0 Å². The summed E-state index contributed by atoms with van der Waals surface area (Å²) >= 11 is 1.57. The Morgan fingerprint density at radius 1 is 1.26 bits per heavy atom. The SMILES string of the molecule is CSc1ccc(C(=O)COCCCC(F)(F)F)cc1. The molecular weight excluding hydrogens is 277 g/mol. The number of hydrogen-bond acceptors (Lipinski definition) is 3. The van der Waals surface area contributed by atoms with Crippen LogP contribution in [-0.4, -0.2) is 31.4 Å². The van der Waals surface area contributed by atoms with Crippen LogP contribution in [0.2, 0.25) is 0 Å². The van der Waals surface area contributed by atoms with E-state index in [2.05, 4.69) is 0 Å². The molecule has 0 heterocycles. The molecule has 1 aromatic rings. The molecule has 0 aliphatic heterocycles. The van der Waals surface area contributed by atoms with Gasteiger partial charge in [-0.25, -0.2) is 0 Å². The minimum Gasteiger partial charge on any atom is -0.373 e. The van der Waals surface area contributed by atoms with Crippen molar-refractivity contribution in [2.75, 3.05) is 19.5 Å². The molecule has 2 nitrogen and oxygen atoms in total. The van der Waals surface area contributed by atoms with E-state index in [1.54, 1.807) is 23.9 Å². The maximum atomic E-state index is 11.9. The third-order valence-electron chi connectivity index (χ3n) is 2.39. The Labute approximate surface area is 114 Å². The van der Waals surface area contributed by atoms with Gasteiger partial charge in [-0.2, -0.15) is 13.2 Å². The molecule has 1 aromatic carbocycles. The Hall–Kier alpha value is -1.01. The third-order valence-corrected chi connectivity index (χ3v) is 3.14. The molecule has 0 saturated heterocycles. The zero-order chi connectivity index (χ0) is 14.3. The monoisotopic (exact) mass is 292 g/mol. The molecule has 0 atom stereocenters. The second kappa shape index (κ2) is 7.55. The molecule has 0 N–H and O–H groups in total. The summed E-state index contributed by atoms with van der Waals surface area (Å²) in [5.74, 6) is -0.223. The van der Waals surface area contributed by atoms with Crippen molar-refractivity contribution < 1.29 is 22.7 Å². The molecule has 6 heteroatoms. The Balaban J connectivity index is 2.27.